The molecule has 0 saturated carbocycles. The van der Waals surface area contributed by atoms with Crippen LogP contribution in [-0.2, 0) is 6.54 Å². The minimum atomic E-state index is 0.591. The maximum atomic E-state index is 5.55. The van der Waals surface area contributed by atoms with Crippen molar-refractivity contribution in [1.29, 1.82) is 0 Å². The molecule has 0 spiro atoms. The Morgan fingerprint density at radius 3 is 3.08 bits per heavy atom. The third kappa shape index (κ3) is 3.07. The van der Waals surface area contributed by atoms with E-state index in [4.69, 9.17) is 16.1 Å². The Labute approximate surface area is 76.4 Å². The fourth-order valence-corrected chi connectivity index (χ4v) is 0.922. The van der Waals surface area contributed by atoms with Gasteiger partial charge in [-0.15, -0.1) is 0 Å². The van der Waals surface area contributed by atoms with E-state index in [2.05, 4.69) is 17.1 Å². The molecule has 3 nitrogen and oxygen atoms in total. The lowest BCUT2D eigenvalue weighted by atomic mass is 10.4. The Bertz CT molecular complexity index is 270. The SMILES string of the molecule is C=C(Cl)CNCc1cc(C)on1. The van der Waals surface area contributed by atoms with Crippen LogP contribution in [0.15, 0.2) is 22.2 Å². The molecule has 1 N–H and O–H groups in total. The highest BCUT2D eigenvalue weighted by Crippen LogP contribution is 2.01. The van der Waals surface area contributed by atoms with Crippen LogP contribution < -0.4 is 5.32 Å². The van der Waals surface area contributed by atoms with E-state index in [0.717, 1.165) is 11.5 Å². The number of hydrogen-bond donors (Lipinski definition) is 1. The van der Waals surface area contributed by atoms with Gasteiger partial charge in [-0.05, 0) is 6.92 Å². The molecule has 4 heteroatoms. The van der Waals surface area contributed by atoms with Crippen molar-refractivity contribution in [3.05, 3.63) is 29.1 Å². The van der Waals surface area contributed by atoms with E-state index in [1.807, 2.05) is 13.0 Å². The standard InChI is InChI=1S/C8H11ClN2O/c1-6(9)4-10-5-8-3-7(2)12-11-8/h3,10H,1,4-5H2,2H3. The van der Waals surface area contributed by atoms with Gasteiger partial charge < -0.3 is 9.84 Å². The van der Waals surface area contributed by atoms with E-state index < -0.39 is 0 Å². The van der Waals surface area contributed by atoms with E-state index in [0.29, 0.717) is 18.1 Å². The summed E-state index contributed by atoms with van der Waals surface area (Å²) in [6, 6.07) is 1.88. The predicted molar refractivity (Wildman–Crippen MR) is 47.9 cm³/mol. The molecule has 0 aliphatic carbocycles. The van der Waals surface area contributed by atoms with Gasteiger partial charge in [0.25, 0.3) is 0 Å². The lowest BCUT2D eigenvalue weighted by Crippen LogP contribution is -2.14. The van der Waals surface area contributed by atoms with Crippen LogP contribution in [0.4, 0.5) is 0 Å². The molecule has 0 fully saturated rings. The summed E-state index contributed by atoms with van der Waals surface area (Å²) < 4.78 is 4.88. The summed E-state index contributed by atoms with van der Waals surface area (Å²) in [5, 5.41) is 7.46. The molecule has 1 heterocycles. The third-order valence-electron chi connectivity index (χ3n) is 1.30. The first-order chi connectivity index (χ1) is 5.68. The molecular weight excluding hydrogens is 176 g/mol. The fraction of sp³-hybridized carbons (Fsp3) is 0.375. The number of hydrogen-bond acceptors (Lipinski definition) is 3. The van der Waals surface area contributed by atoms with Gasteiger partial charge in [0, 0.05) is 24.2 Å². The minimum absolute atomic E-state index is 0.591. The molecule has 0 saturated heterocycles. The number of halogens is 1. The zero-order valence-corrected chi connectivity index (χ0v) is 7.69. The normalized spacial score (nSPS) is 10.2. The van der Waals surface area contributed by atoms with Gasteiger partial charge in [0.05, 0.1) is 5.69 Å². The van der Waals surface area contributed by atoms with Crippen LogP contribution in [0.25, 0.3) is 0 Å². The van der Waals surface area contributed by atoms with Gasteiger partial charge in [-0.3, -0.25) is 0 Å². The molecule has 0 aliphatic rings. The Kier molecular flexibility index (Phi) is 3.31. The lowest BCUT2D eigenvalue weighted by Gasteiger charge is -1.97. The number of nitrogens with one attached hydrogen (secondary N) is 1. The van der Waals surface area contributed by atoms with Crippen molar-refractivity contribution in [1.82, 2.24) is 10.5 Å². The highest BCUT2D eigenvalue weighted by Gasteiger charge is 1.98. The van der Waals surface area contributed by atoms with Crippen molar-refractivity contribution < 1.29 is 4.52 Å². The highest BCUT2D eigenvalue weighted by molar-refractivity contribution is 6.29. The van der Waals surface area contributed by atoms with Gasteiger partial charge in [0.2, 0.25) is 0 Å². The van der Waals surface area contributed by atoms with Crippen LogP contribution >= 0.6 is 11.6 Å². The largest absolute Gasteiger partial charge is 0.361 e. The van der Waals surface area contributed by atoms with Gasteiger partial charge in [-0.2, -0.15) is 0 Å². The zero-order valence-electron chi connectivity index (χ0n) is 6.93. The van der Waals surface area contributed by atoms with E-state index in [9.17, 15) is 0 Å². The number of nitrogens with zero attached hydrogens (tertiary/aromatic N) is 1. The van der Waals surface area contributed by atoms with Gasteiger partial charge in [-0.25, -0.2) is 0 Å². The monoisotopic (exact) mass is 186 g/mol. The van der Waals surface area contributed by atoms with Gasteiger partial charge in [0.15, 0.2) is 0 Å². The summed E-state index contributed by atoms with van der Waals surface area (Å²) in [7, 11) is 0. The molecule has 0 radical (unpaired) electrons. The van der Waals surface area contributed by atoms with Crippen LogP contribution in [0.1, 0.15) is 11.5 Å². The van der Waals surface area contributed by atoms with E-state index in [1.54, 1.807) is 0 Å². The maximum Gasteiger partial charge on any atom is 0.133 e. The van der Waals surface area contributed by atoms with Crippen LogP contribution in [0.2, 0.25) is 0 Å². The second kappa shape index (κ2) is 4.28. The summed E-state index contributed by atoms with van der Waals surface area (Å²) in [6.45, 7) is 6.66. The molecule has 0 amide bonds. The molecule has 0 aliphatic heterocycles. The average Bonchev–Trinajstić information content (AvgIpc) is 2.35. The summed E-state index contributed by atoms with van der Waals surface area (Å²) in [4.78, 5) is 0. The molecule has 1 rings (SSSR count). The molecule has 1 aromatic heterocycles. The maximum absolute atomic E-state index is 5.55. The number of aryl methyl sites for hydroxylation is 1. The first kappa shape index (κ1) is 9.29. The van der Waals surface area contributed by atoms with E-state index >= 15 is 0 Å². The zero-order chi connectivity index (χ0) is 8.97. The number of aromatic nitrogens is 1. The average molecular weight is 187 g/mol. The fourth-order valence-electron chi connectivity index (χ4n) is 0.827. The minimum Gasteiger partial charge on any atom is -0.361 e. The molecular formula is C8H11ClN2O. The molecule has 12 heavy (non-hydrogen) atoms. The summed E-state index contributed by atoms with van der Waals surface area (Å²) in [5.74, 6) is 0.816. The first-order valence-electron chi connectivity index (χ1n) is 3.64. The lowest BCUT2D eigenvalue weighted by molar-refractivity contribution is 0.388. The summed E-state index contributed by atoms with van der Waals surface area (Å²) >= 11 is 5.55. The van der Waals surface area contributed by atoms with Gasteiger partial charge in [-0.1, -0.05) is 23.3 Å². The molecule has 66 valence electrons. The Morgan fingerprint density at radius 1 is 1.83 bits per heavy atom. The van der Waals surface area contributed by atoms with Crippen molar-refractivity contribution in [3.63, 3.8) is 0 Å². The van der Waals surface area contributed by atoms with E-state index in [1.165, 1.54) is 0 Å². The van der Waals surface area contributed by atoms with Gasteiger partial charge in [0.1, 0.15) is 5.76 Å². The summed E-state index contributed by atoms with van der Waals surface area (Å²) in [6.07, 6.45) is 0. The van der Waals surface area contributed by atoms with Crippen LogP contribution in [0.3, 0.4) is 0 Å². The van der Waals surface area contributed by atoms with Crippen molar-refractivity contribution in [2.45, 2.75) is 13.5 Å². The van der Waals surface area contributed by atoms with Crippen LogP contribution in [0.5, 0.6) is 0 Å². The topological polar surface area (TPSA) is 38.1 Å². The molecule has 0 atom stereocenters. The Morgan fingerprint density at radius 2 is 2.58 bits per heavy atom. The predicted octanol–water partition coefficient (Wildman–Crippen LogP) is 1.83. The summed E-state index contributed by atoms with van der Waals surface area (Å²) in [5.41, 5.74) is 0.880. The molecule has 0 aromatic carbocycles. The molecule has 0 unspecified atom stereocenters. The van der Waals surface area contributed by atoms with Crippen molar-refractivity contribution in [2.75, 3.05) is 6.54 Å². The van der Waals surface area contributed by atoms with Crippen molar-refractivity contribution in [3.8, 4) is 0 Å². The Balaban J connectivity index is 2.29. The van der Waals surface area contributed by atoms with Crippen molar-refractivity contribution in [2.24, 2.45) is 0 Å². The van der Waals surface area contributed by atoms with Crippen molar-refractivity contribution >= 4 is 11.6 Å². The second-order valence-electron chi connectivity index (χ2n) is 2.55. The first-order valence-corrected chi connectivity index (χ1v) is 4.02. The van der Waals surface area contributed by atoms with Crippen LogP contribution in [0, 0.1) is 6.92 Å². The number of rotatable bonds is 4. The highest BCUT2D eigenvalue weighted by atomic mass is 35.5. The second-order valence-corrected chi connectivity index (χ2v) is 3.08. The third-order valence-corrected chi connectivity index (χ3v) is 1.43. The Hall–Kier alpha value is -0.800. The smallest absolute Gasteiger partial charge is 0.133 e. The molecule has 1 aromatic rings. The van der Waals surface area contributed by atoms with Gasteiger partial charge >= 0.3 is 0 Å². The molecule has 0 bridgehead atoms. The van der Waals surface area contributed by atoms with Crippen LogP contribution in [-0.4, -0.2) is 11.7 Å². The quantitative estimate of drug-likeness (QED) is 0.780. The van der Waals surface area contributed by atoms with E-state index in [-0.39, 0.29) is 0 Å².